The SMILES string of the molecule is Cc1c(C(C)Nc2nnc(C)c3ccc(N4C[C@H]5CC[C@@H]4CN5C)cc23)cccc1C(F)(F)F. The molecule has 34 heavy (non-hydrogen) atoms. The molecule has 0 radical (unpaired) electrons. The summed E-state index contributed by atoms with van der Waals surface area (Å²) in [7, 11) is 2.20. The molecule has 3 aromatic rings. The normalized spacial score (nSPS) is 21.8. The lowest BCUT2D eigenvalue weighted by Crippen LogP contribution is -2.61. The van der Waals surface area contributed by atoms with E-state index in [1.165, 1.54) is 25.8 Å². The number of hydrogen-bond donors (Lipinski definition) is 1. The molecule has 6 rings (SSSR count). The Bertz CT molecular complexity index is 1230. The van der Waals surface area contributed by atoms with Gasteiger partial charge in [0.1, 0.15) is 0 Å². The van der Waals surface area contributed by atoms with E-state index in [2.05, 4.69) is 50.6 Å². The maximum atomic E-state index is 13.4. The summed E-state index contributed by atoms with van der Waals surface area (Å²) in [5.41, 5.74) is 2.21. The van der Waals surface area contributed by atoms with Crippen molar-refractivity contribution in [2.45, 2.75) is 57.9 Å². The molecule has 0 amide bonds. The first kappa shape index (κ1) is 22.9. The van der Waals surface area contributed by atoms with Gasteiger partial charge in [-0.05, 0) is 70.0 Å². The van der Waals surface area contributed by atoms with Crippen LogP contribution in [0.2, 0.25) is 0 Å². The largest absolute Gasteiger partial charge is 0.416 e. The molecule has 2 aromatic carbocycles. The maximum Gasteiger partial charge on any atom is 0.416 e. The fraction of sp³-hybridized carbons (Fsp3) is 0.462. The molecule has 1 N–H and O–H groups in total. The number of piperazine rings is 1. The second-order valence-electron chi connectivity index (χ2n) is 9.72. The summed E-state index contributed by atoms with van der Waals surface area (Å²) in [5, 5.41) is 14.0. The number of rotatable bonds is 4. The summed E-state index contributed by atoms with van der Waals surface area (Å²) in [6.07, 6.45) is -1.96. The van der Waals surface area contributed by atoms with Crippen LogP contribution in [0, 0.1) is 13.8 Å². The van der Waals surface area contributed by atoms with Crippen LogP contribution in [-0.4, -0.2) is 47.3 Å². The van der Waals surface area contributed by atoms with Crippen LogP contribution in [0.3, 0.4) is 0 Å². The van der Waals surface area contributed by atoms with Gasteiger partial charge < -0.3 is 10.2 Å². The Hall–Kier alpha value is -2.87. The Morgan fingerprint density at radius 2 is 1.76 bits per heavy atom. The van der Waals surface area contributed by atoms with Crippen molar-refractivity contribution in [2.24, 2.45) is 0 Å². The van der Waals surface area contributed by atoms with Crippen molar-refractivity contribution in [2.75, 3.05) is 30.4 Å². The number of aromatic nitrogens is 2. The number of halogens is 3. The number of benzene rings is 2. The van der Waals surface area contributed by atoms with Crippen LogP contribution in [0.5, 0.6) is 0 Å². The van der Waals surface area contributed by atoms with Crippen molar-refractivity contribution >= 4 is 22.3 Å². The zero-order valence-electron chi connectivity index (χ0n) is 19.9. The number of nitrogens with zero attached hydrogens (tertiary/aromatic N) is 4. The van der Waals surface area contributed by atoms with E-state index < -0.39 is 11.7 Å². The van der Waals surface area contributed by atoms with Gasteiger partial charge in [-0.25, -0.2) is 0 Å². The molecule has 3 fully saturated rings. The van der Waals surface area contributed by atoms with Crippen molar-refractivity contribution in [3.05, 3.63) is 58.8 Å². The van der Waals surface area contributed by atoms with Crippen LogP contribution in [0.4, 0.5) is 24.7 Å². The van der Waals surface area contributed by atoms with Crippen LogP contribution < -0.4 is 10.2 Å². The van der Waals surface area contributed by atoms with E-state index in [1.54, 1.807) is 6.07 Å². The minimum Gasteiger partial charge on any atom is -0.366 e. The van der Waals surface area contributed by atoms with Gasteiger partial charge in [-0.2, -0.15) is 18.3 Å². The average Bonchev–Trinajstić information content (AvgIpc) is 2.80. The highest BCUT2D eigenvalue weighted by Crippen LogP contribution is 2.37. The van der Waals surface area contributed by atoms with Crippen LogP contribution >= 0.6 is 0 Å². The molecule has 3 saturated heterocycles. The Balaban J connectivity index is 1.50. The van der Waals surface area contributed by atoms with Gasteiger partial charge in [-0.15, -0.1) is 5.10 Å². The number of nitrogens with one attached hydrogen (secondary N) is 1. The lowest BCUT2D eigenvalue weighted by molar-refractivity contribution is -0.138. The number of alkyl halides is 3. The Morgan fingerprint density at radius 1 is 1.00 bits per heavy atom. The van der Waals surface area contributed by atoms with E-state index in [4.69, 9.17) is 0 Å². The van der Waals surface area contributed by atoms with Crippen LogP contribution in [0.1, 0.15) is 48.2 Å². The van der Waals surface area contributed by atoms with E-state index in [-0.39, 0.29) is 11.6 Å². The molecule has 3 atom stereocenters. The third kappa shape index (κ3) is 3.98. The van der Waals surface area contributed by atoms with E-state index in [0.29, 0.717) is 23.5 Å². The molecule has 0 saturated carbocycles. The summed E-state index contributed by atoms with van der Waals surface area (Å²) < 4.78 is 40.3. The van der Waals surface area contributed by atoms with Gasteiger partial charge in [0, 0.05) is 41.6 Å². The number of aryl methyl sites for hydroxylation is 1. The van der Waals surface area contributed by atoms with Crippen molar-refractivity contribution in [1.29, 1.82) is 0 Å². The monoisotopic (exact) mass is 469 g/mol. The molecule has 1 unspecified atom stereocenters. The molecule has 3 aliphatic rings. The van der Waals surface area contributed by atoms with Crippen molar-refractivity contribution in [1.82, 2.24) is 15.1 Å². The van der Waals surface area contributed by atoms with Crippen LogP contribution in [0.15, 0.2) is 36.4 Å². The smallest absolute Gasteiger partial charge is 0.366 e. The Morgan fingerprint density at radius 3 is 2.44 bits per heavy atom. The number of piperidine rings is 2. The minimum absolute atomic E-state index is 0.230. The molecular formula is C26H30F3N5. The van der Waals surface area contributed by atoms with Crippen molar-refractivity contribution in [3.63, 3.8) is 0 Å². The average molecular weight is 470 g/mol. The molecular weight excluding hydrogens is 439 g/mol. The quantitative estimate of drug-likeness (QED) is 0.529. The summed E-state index contributed by atoms with van der Waals surface area (Å²) in [4.78, 5) is 4.95. The molecule has 180 valence electrons. The minimum atomic E-state index is -4.38. The fourth-order valence-electron chi connectivity index (χ4n) is 5.63. The van der Waals surface area contributed by atoms with Gasteiger partial charge in [-0.3, -0.25) is 4.90 Å². The topological polar surface area (TPSA) is 44.3 Å². The predicted octanol–water partition coefficient (Wildman–Crippen LogP) is 5.72. The molecule has 2 bridgehead atoms. The third-order valence-corrected chi connectivity index (χ3v) is 7.58. The molecule has 1 aromatic heterocycles. The zero-order valence-corrected chi connectivity index (χ0v) is 19.9. The van der Waals surface area contributed by atoms with Gasteiger partial charge in [0.25, 0.3) is 0 Å². The molecule has 8 heteroatoms. The number of likely N-dealkylation sites (N-methyl/N-ethyl adjacent to an activating group) is 1. The number of hydrogen-bond acceptors (Lipinski definition) is 5. The zero-order chi connectivity index (χ0) is 24.2. The van der Waals surface area contributed by atoms with Gasteiger partial charge in [0.15, 0.2) is 5.82 Å². The lowest BCUT2D eigenvalue weighted by atomic mass is 9.90. The van der Waals surface area contributed by atoms with Gasteiger partial charge in [0.05, 0.1) is 17.3 Å². The molecule has 0 aliphatic carbocycles. The number of anilines is 2. The fourth-order valence-corrected chi connectivity index (χ4v) is 5.63. The first-order valence-electron chi connectivity index (χ1n) is 11.8. The molecule has 4 heterocycles. The standard InChI is InChI=1S/C26H30F3N5/c1-15-21(6-5-7-24(15)26(27,28)29)16(2)30-25-23-12-18(10-11-22(23)17(3)31-32-25)34-14-19-8-9-20(34)13-33(19)4/h5-7,10-12,16,19-20H,8-9,13-14H2,1-4H3,(H,30,32)/t16?,19-,20-/m1/s1. The van der Waals surface area contributed by atoms with E-state index in [9.17, 15) is 13.2 Å². The van der Waals surface area contributed by atoms with Crippen LogP contribution in [-0.2, 0) is 6.18 Å². The predicted molar refractivity (Wildman–Crippen MR) is 129 cm³/mol. The molecule has 0 spiro atoms. The maximum absolute atomic E-state index is 13.4. The molecule has 3 aliphatic heterocycles. The highest BCUT2D eigenvalue weighted by molar-refractivity contribution is 5.95. The van der Waals surface area contributed by atoms with Gasteiger partial charge >= 0.3 is 6.18 Å². The van der Waals surface area contributed by atoms with Crippen molar-refractivity contribution in [3.8, 4) is 0 Å². The summed E-state index contributed by atoms with van der Waals surface area (Å²) >= 11 is 0. The van der Waals surface area contributed by atoms with E-state index in [1.807, 2.05) is 13.8 Å². The molecule has 5 nitrogen and oxygen atoms in total. The van der Waals surface area contributed by atoms with Gasteiger partial charge in [0.2, 0.25) is 0 Å². The van der Waals surface area contributed by atoms with Crippen molar-refractivity contribution < 1.29 is 13.2 Å². The highest BCUT2D eigenvalue weighted by Gasteiger charge is 2.37. The summed E-state index contributed by atoms with van der Waals surface area (Å²) in [6.45, 7) is 7.38. The van der Waals surface area contributed by atoms with Crippen LogP contribution in [0.25, 0.3) is 10.8 Å². The number of fused-ring (bicyclic) bond motifs is 4. The van der Waals surface area contributed by atoms with E-state index >= 15 is 0 Å². The Labute approximate surface area is 198 Å². The third-order valence-electron chi connectivity index (χ3n) is 7.58. The highest BCUT2D eigenvalue weighted by atomic mass is 19.4. The Kier molecular flexibility index (Phi) is 5.67. The lowest BCUT2D eigenvalue weighted by Gasteiger charge is -2.51. The summed E-state index contributed by atoms with van der Waals surface area (Å²) in [6, 6.07) is 11.4. The first-order chi connectivity index (χ1) is 16.1. The van der Waals surface area contributed by atoms with Gasteiger partial charge in [-0.1, -0.05) is 18.2 Å². The first-order valence-corrected chi connectivity index (χ1v) is 11.8. The second kappa shape index (κ2) is 8.41. The van der Waals surface area contributed by atoms with E-state index in [0.717, 1.165) is 41.3 Å². The summed E-state index contributed by atoms with van der Waals surface area (Å²) in [5.74, 6) is 0.589. The second-order valence-corrected chi connectivity index (χ2v) is 9.72.